The molecule has 0 unspecified atom stereocenters. The van der Waals surface area contributed by atoms with Gasteiger partial charge >= 0.3 is 5.97 Å². The Hall–Kier alpha value is -3.06. The van der Waals surface area contributed by atoms with Gasteiger partial charge in [0.15, 0.2) is 0 Å². The maximum atomic E-state index is 12.6. The predicted octanol–water partition coefficient (Wildman–Crippen LogP) is 2.96. The van der Waals surface area contributed by atoms with Gasteiger partial charge in [-0.05, 0) is 36.4 Å². The Bertz CT molecular complexity index is 923. The molecule has 2 aromatic rings. The van der Waals surface area contributed by atoms with Gasteiger partial charge in [-0.25, -0.2) is 4.79 Å². The maximum Gasteiger partial charge on any atom is 0.335 e. The van der Waals surface area contributed by atoms with Gasteiger partial charge in [0.05, 0.1) is 16.9 Å². The Kier molecular flexibility index (Phi) is 5.84. The first kappa shape index (κ1) is 19.7. The maximum absolute atomic E-state index is 12.6. The largest absolute Gasteiger partial charge is 0.478 e. The van der Waals surface area contributed by atoms with E-state index < -0.39 is 5.97 Å². The molecule has 1 saturated heterocycles. The molecule has 0 atom stereocenters. The number of anilines is 2. The van der Waals surface area contributed by atoms with Gasteiger partial charge in [0, 0.05) is 43.7 Å². The van der Waals surface area contributed by atoms with Gasteiger partial charge in [0.1, 0.15) is 0 Å². The lowest BCUT2D eigenvalue weighted by Gasteiger charge is -2.36. The summed E-state index contributed by atoms with van der Waals surface area (Å²) in [6.45, 7) is 3.85. The van der Waals surface area contributed by atoms with Crippen molar-refractivity contribution in [2.24, 2.45) is 0 Å². The van der Waals surface area contributed by atoms with Crippen molar-refractivity contribution < 1.29 is 19.5 Å². The van der Waals surface area contributed by atoms with Crippen molar-refractivity contribution in [2.45, 2.75) is 6.92 Å². The Morgan fingerprint density at radius 1 is 1.00 bits per heavy atom. The van der Waals surface area contributed by atoms with E-state index in [1.54, 1.807) is 35.2 Å². The summed E-state index contributed by atoms with van der Waals surface area (Å²) in [4.78, 5) is 39.3. The summed E-state index contributed by atoms with van der Waals surface area (Å²) in [6, 6.07) is 11.1. The zero-order chi connectivity index (χ0) is 20.3. The van der Waals surface area contributed by atoms with Crippen molar-refractivity contribution in [2.75, 3.05) is 36.4 Å². The normalized spacial score (nSPS) is 13.9. The van der Waals surface area contributed by atoms with E-state index in [0.717, 1.165) is 0 Å². The molecule has 2 amide bonds. The second-order valence-corrected chi connectivity index (χ2v) is 6.93. The molecule has 0 radical (unpaired) electrons. The molecule has 1 aliphatic rings. The number of hydrogen-bond acceptors (Lipinski definition) is 4. The molecule has 2 aromatic carbocycles. The molecule has 0 spiro atoms. The van der Waals surface area contributed by atoms with Crippen LogP contribution in [0.5, 0.6) is 0 Å². The highest BCUT2D eigenvalue weighted by Crippen LogP contribution is 2.29. The SMILES string of the molecule is CC(=O)N1CCN(c2ccc(C(=O)O)cc2NC(=O)c2cccc(Cl)c2)CC1. The summed E-state index contributed by atoms with van der Waals surface area (Å²) in [5.74, 6) is -1.43. The van der Waals surface area contributed by atoms with Gasteiger partial charge < -0.3 is 20.2 Å². The number of carboxylic acid groups (broad SMARTS) is 1. The van der Waals surface area contributed by atoms with E-state index in [1.165, 1.54) is 19.1 Å². The zero-order valence-corrected chi connectivity index (χ0v) is 16.1. The third-order valence-electron chi connectivity index (χ3n) is 4.64. The summed E-state index contributed by atoms with van der Waals surface area (Å²) in [7, 11) is 0. The highest BCUT2D eigenvalue weighted by Gasteiger charge is 2.22. The molecule has 2 N–H and O–H groups in total. The van der Waals surface area contributed by atoms with Crippen LogP contribution in [0.3, 0.4) is 0 Å². The smallest absolute Gasteiger partial charge is 0.335 e. The van der Waals surface area contributed by atoms with E-state index in [0.29, 0.717) is 48.1 Å². The van der Waals surface area contributed by atoms with Gasteiger partial charge in [0.2, 0.25) is 5.91 Å². The van der Waals surface area contributed by atoms with Crippen molar-refractivity contribution in [3.63, 3.8) is 0 Å². The monoisotopic (exact) mass is 401 g/mol. The molecule has 1 aliphatic heterocycles. The van der Waals surface area contributed by atoms with Crippen LogP contribution in [0.4, 0.5) is 11.4 Å². The Balaban J connectivity index is 1.87. The fourth-order valence-electron chi connectivity index (χ4n) is 3.13. The second kappa shape index (κ2) is 8.31. The summed E-state index contributed by atoms with van der Waals surface area (Å²) in [5, 5.41) is 12.5. The lowest BCUT2D eigenvalue weighted by molar-refractivity contribution is -0.129. The predicted molar refractivity (Wildman–Crippen MR) is 107 cm³/mol. The number of amides is 2. The molecule has 28 heavy (non-hydrogen) atoms. The number of carbonyl (C=O) groups excluding carboxylic acids is 2. The third kappa shape index (κ3) is 4.43. The first-order chi connectivity index (χ1) is 13.3. The summed E-state index contributed by atoms with van der Waals surface area (Å²) < 4.78 is 0. The van der Waals surface area contributed by atoms with Crippen LogP contribution >= 0.6 is 11.6 Å². The van der Waals surface area contributed by atoms with E-state index in [2.05, 4.69) is 5.32 Å². The molecule has 0 aromatic heterocycles. The second-order valence-electron chi connectivity index (χ2n) is 6.49. The number of nitrogens with zero attached hydrogens (tertiary/aromatic N) is 2. The highest BCUT2D eigenvalue weighted by molar-refractivity contribution is 6.31. The minimum Gasteiger partial charge on any atom is -0.478 e. The number of aromatic carboxylic acids is 1. The molecule has 7 nitrogen and oxygen atoms in total. The molecule has 1 fully saturated rings. The number of carboxylic acids is 1. The number of halogens is 1. The van der Waals surface area contributed by atoms with Crippen LogP contribution in [0.1, 0.15) is 27.6 Å². The first-order valence-electron chi connectivity index (χ1n) is 8.80. The van der Waals surface area contributed by atoms with Gasteiger partial charge in [-0.3, -0.25) is 9.59 Å². The van der Waals surface area contributed by atoms with Crippen LogP contribution in [-0.4, -0.2) is 54.0 Å². The molecule has 0 aliphatic carbocycles. The quantitative estimate of drug-likeness (QED) is 0.822. The summed E-state index contributed by atoms with van der Waals surface area (Å²) in [6.07, 6.45) is 0. The average Bonchev–Trinajstić information content (AvgIpc) is 2.68. The summed E-state index contributed by atoms with van der Waals surface area (Å²) in [5.41, 5.74) is 1.57. The number of nitrogens with one attached hydrogen (secondary N) is 1. The van der Waals surface area contributed by atoms with Crippen LogP contribution in [0.2, 0.25) is 5.02 Å². The minimum absolute atomic E-state index is 0.0235. The topological polar surface area (TPSA) is 90.0 Å². The molecule has 3 rings (SSSR count). The fourth-order valence-corrected chi connectivity index (χ4v) is 3.32. The van der Waals surface area contributed by atoms with E-state index in [1.807, 2.05) is 4.90 Å². The van der Waals surface area contributed by atoms with Gasteiger partial charge in [0.25, 0.3) is 5.91 Å². The van der Waals surface area contributed by atoms with E-state index >= 15 is 0 Å². The summed E-state index contributed by atoms with van der Waals surface area (Å²) >= 11 is 5.95. The number of piperazine rings is 1. The Labute approximate surface area is 167 Å². The van der Waals surface area contributed by atoms with Crippen LogP contribution < -0.4 is 10.2 Å². The molecule has 1 heterocycles. The lowest BCUT2D eigenvalue weighted by atomic mass is 10.1. The van der Waals surface area contributed by atoms with E-state index in [4.69, 9.17) is 11.6 Å². The zero-order valence-electron chi connectivity index (χ0n) is 15.3. The number of rotatable bonds is 4. The van der Waals surface area contributed by atoms with Crippen molar-refractivity contribution >= 4 is 40.8 Å². The number of benzene rings is 2. The molecule has 146 valence electrons. The number of hydrogen-bond donors (Lipinski definition) is 2. The molecule has 8 heteroatoms. The molecular formula is C20H20ClN3O4. The Morgan fingerprint density at radius 2 is 1.71 bits per heavy atom. The third-order valence-corrected chi connectivity index (χ3v) is 4.88. The van der Waals surface area contributed by atoms with Crippen LogP contribution in [0.15, 0.2) is 42.5 Å². The van der Waals surface area contributed by atoms with Crippen molar-refractivity contribution in [3.05, 3.63) is 58.6 Å². The van der Waals surface area contributed by atoms with Gasteiger partial charge in [-0.2, -0.15) is 0 Å². The van der Waals surface area contributed by atoms with Crippen LogP contribution in [-0.2, 0) is 4.79 Å². The molecule has 0 bridgehead atoms. The standard InChI is InChI=1S/C20H20ClN3O4/c1-13(25)23-7-9-24(10-8-23)18-6-5-15(20(27)28)12-17(18)22-19(26)14-3-2-4-16(21)11-14/h2-6,11-12H,7-10H2,1H3,(H,22,26)(H,27,28). The number of carbonyl (C=O) groups is 3. The molecular weight excluding hydrogens is 382 g/mol. The van der Waals surface area contributed by atoms with Gasteiger partial charge in [-0.15, -0.1) is 0 Å². The van der Waals surface area contributed by atoms with E-state index in [-0.39, 0.29) is 17.4 Å². The van der Waals surface area contributed by atoms with Crippen molar-refractivity contribution in [1.82, 2.24) is 4.90 Å². The minimum atomic E-state index is -1.08. The van der Waals surface area contributed by atoms with E-state index in [9.17, 15) is 19.5 Å². The van der Waals surface area contributed by atoms with Crippen molar-refractivity contribution in [1.29, 1.82) is 0 Å². The Morgan fingerprint density at radius 3 is 2.32 bits per heavy atom. The van der Waals surface area contributed by atoms with Crippen LogP contribution in [0, 0.1) is 0 Å². The fraction of sp³-hybridized carbons (Fsp3) is 0.250. The lowest BCUT2D eigenvalue weighted by Crippen LogP contribution is -2.48. The van der Waals surface area contributed by atoms with Crippen LogP contribution in [0.25, 0.3) is 0 Å². The average molecular weight is 402 g/mol. The molecule has 0 saturated carbocycles. The highest BCUT2D eigenvalue weighted by atomic mass is 35.5. The van der Waals surface area contributed by atoms with Crippen molar-refractivity contribution in [3.8, 4) is 0 Å². The first-order valence-corrected chi connectivity index (χ1v) is 9.17. The van der Waals surface area contributed by atoms with Gasteiger partial charge in [-0.1, -0.05) is 17.7 Å².